The molecule has 1 aromatic carbocycles. The minimum absolute atomic E-state index is 0.348. The van der Waals surface area contributed by atoms with Crippen molar-refractivity contribution in [2.24, 2.45) is 0 Å². The van der Waals surface area contributed by atoms with Crippen LogP contribution in [0.1, 0.15) is 11.6 Å². The molecule has 0 radical (unpaired) electrons. The first-order chi connectivity index (χ1) is 10.7. The van der Waals surface area contributed by atoms with E-state index in [4.69, 9.17) is 0 Å². The van der Waals surface area contributed by atoms with Gasteiger partial charge in [0.1, 0.15) is 5.69 Å². The van der Waals surface area contributed by atoms with E-state index in [0.717, 1.165) is 5.56 Å². The van der Waals surface area contributed by atoms with Crippen molar-refractivity contribution in [3.63, 3.8) is 0 Å². The Morgan fingerprint density at radius 3 is 2.55 bits per heavy atom. The third-order valence-corrected chi connectivity index (χ3v) is 3.31. The molecule has 0 aliphatic carbocycles. The highest BCUT2D eigenvalue weighted by Crippen LogP contribution is 2.18. The summed E-state index contributed by atoms with van der Waals surface area (Å²) in [6.45, 7) is 0. The van der Waals surface area contributed by atoms with Gasteiger partial charge in [0.15, 0.2) is 6.04 Å². The Labute approximate surface area is 127 Å². The number of rotatable bonds is 5. The lowest BCUT2D eigenvalue weighted by Crippen LogP contribution is -2.22. The fourth-order valence-corrected chi connectivity index (χ4v) is 2.19. The second-order valence-electron chi connectivity index (χ2n) is 4.84. The van der Waals surface area contributed by atoms with Crippen LogP contribution >= 0.6 is 0 Å². The van der Waals surface area contributed by atoms with Crippen LogP contribution in [-0.2, 0) is 11.2 Å². The number of aromatic nitrogens is 4. The Morgan fingerprint density at radius 1 is 1.09 bits per heavy atom. The number of hydrogen-bond acceptors (Lipinski definition) is 4. The summed E-state index contributed by atoms with van der Waals surface area (Å²) in [4.78, 5) is 15.7. The molecule has 0 amide bonds. The van der Waals surface area contributed by atoms with E-state index in [9.17, 15) is 9.90 Å². The molecule has 0 aliphatic rings. The van der Waals surface area contributed by atoms with E-state index in [1.807, 2.05) is 42.5 Å². The molecule has 2 heterocycles. The number of hydrogen-bond donors (Lipinski definition) is 1. The van der Waals surface area contributed by atoms with Gasteiger partial charge in [-0.2, -0.15) is 0 Å². The summed E-state index contributed by atoms with van der Waals surface area (Å²) in [6, 6.07) is 14.1. The van der Waals surface area contributed by atoms with E-state index in [2.05, 4.69) is 15.3 Å². The van der Waals surface area contributed by atoms with Gasteiger partial charge in [0.25, 0.3) is 0 Å². The van der Waals surface area contributed by atoms with Gasteiger partial charge in [-0.05, 0) is 17.7 Å². The fraction of sp³-hybridized carbons (Fsp3) is 0.125. The maximum atomic E-state index is 11.5. The molecule has 1 N–H and O–H groups in total. The van der Waals surface area contributed by atoms with Gasteiger partial charge in [-0.15, -0.1) is 5.10 Å². The lowest BCUT2D eigenvalue weighted by atomic mass is 10.1. The van der Waals surface area contributed by atoms with Crippen molar-refractivity contribution >= 4 is 5.97 Å². The Hall–Kier alpha value is -3.02. The van der Waals surface area contributed by atoms with E-state index in [-0.39, 0.29) is 0 Å². The molecule has 6 heteroatoms. The van der Waals surface area contributed by atoms with Gasteiger partial charge in [-0.25, -0.2) is 9.48 Å². The summed E-state index contributed by atoms with van der Waals surface area (Å²) in [7, 11) is 0. The van der Waals surface area contributed by atoms with Crippen LogP contribution < -0.4 is 0 Å². The predicted octanol–water partition coefficient (Wildman–Crippen LogP) is 2.21. The van der Waals surface area contributed by atoms with Crippen LogP contribution in [0.3, 0.4) is 0 Å². The van der Waals surface area contributed by atoms with Gasteiger partial charge in [-0.1, -0.05) is 41.6 Å². The van der Waals surface area contributed by atoms with Crippen molar-refractivity contribution in [1.29, 1.82) is 0 Å². The number of benzene rings is 1. The molecule has 22 heavy (non-hydrogen) atoms. The predicted molar refractivity (Wildman–Crippen MR) is 80.1 cm³/mol. The molecule has 6 nitrogen and oxygen atoms in total. The van der Waals surface area contributed by atoms with Crippen LogP contribution in [0.25, 0.3) is 11.4 Å². The summed E-state index contributed by atoms with van der Waals surface area (Å²) in [5, 5.41) is 17.4. The molecule has 0 bridgehead atoms. The molecule has 3 rings (SSSR count). The Bertz CT molecular complexity index is 756. The van der Waals surface area contributed by atoms with Crippen LogP contribution in [0.2, 0.25) is 0 Å². The number of pyridine rings is 1. The van der Waals surface area contributed by atoms with E-state index in [0.29, 0.717) is 17.8 Å². The highest BCUT2D eigenvalue weighted by atomic mass is 16.4. The van der Waals surface area contributed by atoms with E-state index >= 15 is 0 Å². The summed E-state index contributed by atoms with van der Waals surface area (Å²) >= 11 is 0. The second-order valence-corrected chi connectivity index (χ2v) is 4.84. The van der Waals surface area contributed by atoms with Gasteiger partial charge in [0.2, 0.25) is 0 Å². The zero-order valence-electron chi connectivity index (χ0n) is 11.7. The monoisotopic (exact) mass is 294 g/mol. The van der Waals surface area contributed by atoms with E-state index in [1.54, 1.807) is 18.5 Å². The SMILES string of the molecule is O=C(O)[C@H](Cc1ccccc1)n1cc(-c2ccccn2)nn1. The van der Waals surface area contributed by atoms with Crippen LogP contribution in [0, 0.1) is 0 Å². The van der Waals surface area contributed by atoms with Crippen molar-refractivity contribution in [3.8, 4) is 11.4 Å². The zero-order valence-corrected chi connectivity index (χ0v) is 11.7. The van der Waals surface area contributed by atoms with Crippen molar-refractivity contribution in [3.05, 3.63) is 66.5 Å². The first-order valence-corrected chi connectivity index (χ1v) is 6.84. The van der Waals surface area contributed by atoms with Crippen molar-refractivity contribution < 1.29 is 9.90 Å². The molecule has 3 aromatic rings. The number of nitrogens with zero attached hydrogens (tertiary/aromatic N) is 4. The number of carbonyl (C=O) groups is 1. The molecular formula is C16H14N4O2. The van der Waals surface area contributed by atoms with Crippen LogP contribution in [-0.4, -0.2) is 31.1 Å². The Kier molecular flexibility index (Phi) is 3.91. The minimum atomic E-state index is -0.943. The Morgan fingerprint density at radius 2 is 1.86 bits per heavy atom. The normalized spacial score (nSPS) is 12.0. The summed E-state index contributed by atoms with van der Waals surface area (Å²) in [6.07, 6.45) is 3.62. The molecule has 1 atom stereocenters. The van der Waals surface area contributed by atoms with Crippen LogP contribution in [0.4, 0.5) is 0 Å². The third kappa shape index (κ3) is 3.01. The molecule has 0 saturated carbocycles. The topological polar surface area (TPSA) is 80.9 Å². The van der Waals surface area contributed by atoms with Gasteiger partial charge in [-0.3, -0.25) is 4.98 Å². The van der Waals surface area contributed by atoms with Gasteiger partial charge >= 0.3 is 5.97 Å². The summed E-state index contributed by atoms with van der Waals surface area (Å²) in [5.41, 5.74) is 2.15. The molecule has 0 fully saturated rings. The summed E-state index contributed by atoms with van der Waals surface area (Å²) in [5.74, 6) is -0.943. The maximum absolute atomic E-state index is 11.5. The van der Waals surface area contributed by atoms with Crippen LogP contribution in [0.5, 0.6) is 0 Å². The molecule has 0 aliphatic heterocycles. The third-order valence-electron chi connectivity index (χ3n) is 3.31. The summed E-state index contributed by atoms with van der Waals surface area (Å²) < 4.78 is 1.37. The standard InChI is InChI=1S/C16H14N4O2/c21-16(22)15(10-12-6-2-1-3-7-12)20-11-14(18-19-20)13-8-4-5-9-17-13/h1-9,11,15H,10H2,(H,21,22)/t15-/m0/s1. The highest BCUT2D eigenvalue weighted by molar-refractivity contribution is 5.72. The van der Waals surface area contributed by atoms with Gasteiger partial charge < -0.3 is 5.11 Å². The molecule has 0 spiro atoms. The second kappa shape index (κ2) is 6.17. The molecule has 0 saturated heterocycles. The van der Waals surface area contributed by atoms with Crippen molar-refractivity contribution in [2.45, 2.75) is 12.5 Å². The molecule has 2 aromatic heterocycles. The van der Waals surface area contributed by atoms with Gasteiger partial charge in [0, 0.05) is 12.6 Å². The lowest BCUT2D eigenvalue weighted by molar-refractivity contribution is -0.141. The first-order valence-electron chi connectivity index (χ1n) is 6.84. The minimum Gasteiger partial charge on any atom is -0.480 e. The molecule has 0 unspecified atom stereocenters. The van der Waals surface area contributed by atoms with Gasteiger partial charge in [0.05, 0.1) is 11.9 Å². The highest BCUT2D eigenvalue weighted by Gasteiger charge is 2.22. The van der Waals surface area contributed by atoms with E-state index < -0.39 is 12.0 Å². The quantitative estimate of drug-likeness (QED) is 0.780. The molecule has 110 valence electrons. The van der Waals surface area contributed by atoms with Crippen LogP contribution in [0.15, 0.2) is 60.9 Å². The Balaban J connectivity index is 1.87. The smallest absolute Gasteiger partial charge is 0.328 e. The number of carboxylic acids is 1. The maximum Gasteiger partial charge on any atom is 0.328 e. The van der Waals surface area contributed by atoms with Crippen molar-refractivity contribution in [1.82, 2.24) is 20.0 Å². The average Bonchev–Trinajstić information content (AvgIpc) is 3.04. The van der Waals surface area contributed by atoms with E-state index in [1.165, 1.54) is 4.68 Å². The number of carboxylic acid groups (broad SMARTS) is 1. The zero-order chi connectivity index (χ0) is 15.4. The lowest BCUT2D eigenvalue weighted by Gasteiger charge is -2.11. The number of aliphatic carboxylic acids is 1. The first kappa shape index (κ1) is 13.9. The average molecular weight is 294 g/mol. The molecular weight excluding hydrogens is 280 g/mol. The largest absolute Gasteiger partial charge is 0.480 e. The fourth-order valence-electron chi connectivity index (χ4n) is 2.19. The van der Waals surface area contributed by atoms with Crippen molar-refractivity contribution in [2.75, 3.05) is 0 Å².